The number of carbonyl (C=O) groups is 1. The van der Waals surface area contributed by atoms with E-state index in [4.69, 9.17) is 4.74 Å². The number of ether oxygens (including phenoxy) is 1. The van der Waals surface area contributed by atoms with Gasteiger partial charge in [-0.1, -0.05) is 18.2 Å². The van der Waals surface area contributed by atoms with Crippen molar-refractivity contribution in [3.63, 3.8) is 0 Å². The molecule has 130 valence electrons. The highest BCUT2D eigenvalue weighted by molar-refractivity contribution is 7.15. The van der Waals surface area contributed by atoms with Crippen LogP contribution < -0.4 is 10.1 Å². The number of rotatable bonds is 5. The monoisotopic (exact) mass is 364 g/mol. The lowest BCUT2D eigenvalue weighted by molar-refractivity contribution is 0.0947. The number of hydrogen-bond donors (Lipinski definition) is 1. The lowest BCUT2D eigenvalue weighted by Crippen LogP contribution is -2.24. The van der Waals surface area contributed by atoms with Crippen LogP contribution in [0, 0.1) is 0 Å². The average Bonchev–Trinajstić information content (AvgIpc) is 3.28. The molecule has 0 aliphatic rings. The number of thiazole rings is 1. The number of nitrogens with one attached hydrogen (secondary N) is 1. The highest BCUT2D eigenvalue weighted by Gasteiger charge is 2.21. The Hall–Kier alpha value is -3.19. The van der Waals surface area contributed by atoms with E-state index in [0.717, 1.165) is 27.7 Å². The summed E-state index contributed by atoms with van der Waals surface area (Å²) in [4.78, 5) is 22.3. The van der Waals surface area contributed by atoms with E-state index in [-0.39, 0.29) is 5.91 Å². The van der Waals surface area contributed by atoms with Gasteiger partial charge in [-0.15, -0.1) is 11.3 Å². The minimum absolute atomic E-state index is 0.232. The highest BCUT2D eigenvalue weighted by atomic mass is 32.1. The summed E-state index contributed by atoms with van der Waals surface area (Å²) in [5, 5.41) is 4.85. The Bertz CT molecular complexity index is 1060. The summed E-state index contributed by atoms with van der Waals surface area (Å²) in [5.41, 5.74) is 2.81. The molecule has 0 spiro atoms. The van der Waals surface area contributed by atoms with Gasteiger partial charge in [0.25, 0.3) is 5.91 Å². The van der Waals surface area contributed by atoms with Gasteiger partial charge in [-0.2, -0.15) is 0 Å². The van der Waals surface area contributed by atoms with Crippen molar-refractivity contribution in [3.8, 4) is 17.0 Å². The third-order valence-electron chi connectivity index (χ3n) is 3.98. The van der Waals surface area contributed by atoms with E-state index in [2.05, 4.69) is 15.3 Å². The van der Waals surface area contributed by atoms with E-state index in [1.807, 2.05) is 58.4 Å². The maximum Gasteiger partial charge on any atom is 0.272 e. The second-order valence-electron chi connectivity index (χ2n) is 5.60. The molecule has 0 aliphatic heterocycles. The summed E-state index contributed by atoms with van der Waals surface area (Å²) in [7, 11) is 1.62. The molecule has 4 aromatic rings. The molecule has 0 saturated heterocycles. The zero-order valence-corrected chi connectivity index (χ0v) is 14.9. The Kier molecular flexibility index (Phi) is 4.37. The molecule has 4 rings (SSSR count). The van der Waals surface area contributed by atoms with Gasteiger partial charge in [-0.25, -0.2) is 4.98 Å². The quantitative estimate of drug-likeness (QED) is 0.589. The van der Waals surface area contributed by atoms with Gasteiger partial charge in [0, 0.05) is 23.3 Å². The zero-order valence-electron chi connectivity index (χ0n) is 14.0. The number of methoxy groups -OCH3 is 1. The molecular weight excluding hydrogens is 348 g/mol. The van der Waals surface area contributed by atoms with Crippen molar-refractivity contribution in [2.24, 2.45) is 0 Å². The number of benzene rings is 1. The first kappa shape index (κ1) is 16.3. The smallest absolute Gasteiger partial charge is 0.272 e. The molecule has 6 nitrogen and oxygen atoms in total. The average molecular weight is 364 g/mol. The molecule has 1 aromatic carbocycles. The molecule has 1 amide bonds. The first-order valence-electron chi connectivity index (χ1n) is 8.04. The van der Waals surface area contributed by atoms with Crippen molar-refractivity contribution in [2.75, 3.05) is 7.11 Å². The first-order chi connectivity index (χ1) is 12.8. The molecule has 0 atom stereocenters. The summed E-state index contributed by atoms with van der Waals surface area (Å²) < 4.78 is 7.24. The molecule has 0 unspecified atom stereocenters. The van der Waals surface area contributed by atoms with E-state index < -0.39 is 0 Å². The summed E-state index contributed by atoms with van der Waals surface area (Å²) >= 11 is 1.49. The van der Waals surface area contributed by atoms with Crippen molar-refractivity contribution in [1.29, 1.82) is 0 Å². The van der Waals surface area contributed by atoms with Gasteiger partial charge in [0.05, 0.1) is 25.0 Å². The number of imidazole rings is 1. The molecule has 3 heterocycles. The Morgan fingerprint density at radius 2 is 2.19 bits per heavy atom. The van der Waals surface area contributed by atoms with Gasteiger partial charge < -0.3 is 10.1 Å². The lowest BCUT2D eigenvalue weighted by atomic mass is 10.1. The van der Waals surface area contributed by atoms with E-state index in [1.165, 1.54) is 11.3 Å². The minimum atomic E-state index is -0.232. The summed E-state index contributed by atoms with van der Waals surface area (Å²) in [5.74, 6) is 0.497. The number of amides is 1. The van der Waals surface area contributed by atoms with Crippen molar-refractivity contribution in [1.82, 2.24) is 19.7 Å². The molecule has 0 bridgehead atoms. The molecule has 0 saturated carbocycles. The van der Waals surface area contributed by atoms with Crippen LogP contribution >= 0.6 is 11.3 Å². The standard InChI is InChI=1S/C19H16N4O2S/c1-25-15-7-4-5-13(11-15)17-16(22-19-23(17)9-10-26-19)18(24)21-12-14-6-2-3-8-20-14/h2-11H,12H2,1H3,(H,21,24). The van der Waals surface area contributed by atoms with Crippen molar-refractivity contribution in [3.05, 3.63) is 71.6 Å². The second kappa shape index (κ2) is 6.97. The summed E-state index contributed by atoms with van der Waals surface area (Å²) in [6.45, 7) is 0.350. The van der Waals surface area contributed by atoms with Crippen LogP contribution in [-0.2, 0) is 6.54 Å². The van der Waals surface area contributed by atoms with Crippen LogP contribution in [0.15, 0.2) is 60.2 Å². The van der Waals surface area contributed by atoms with Crippen molar-refractivity contribution >= 4 is 22.2 Å². The van der Waals surface area contributed by atoms with E-state index >= 15 is 0 Å². The fourth-order valence-electron chi connectivity index (χ4n) is 2.75. The molecule has 7 heteroatoms. The maximum absolute atomic E-state index is 12.8. The number of aromatic nitrogens is 3. The van der Waals surface area contributed by atoms with Gasteiger partial charge in [-0.05, 0) is 24.3 Å². The highest BCUT2D eigenvalue weighted by Crippen LogP contribution is 2.29. The molecule has 3 aromatic heterocycles. The largest absolute Gasteiger partial charge is 0.497 e. The van der Waals surface area contributed by atoms with Crippen LogP contribution in [0.5, 0.6) is 5.75 Å². The molecule has 0 radical (unpaired) electrons. The molecule has 0 aliphatic carbocycles. The number of nitrogens with zero attached hydrogens (tertiary/aromatic N) is 3. The molecule has 26 heavy (non-hydrogen) atoms. The predicted octanol–water partition coefficient (Wildman–Crippen LogP) is 3.40. The molecule has 0 fully saturated rings. The zero-order chi connectivity index (χ0) is 17.9. The number of pyridine rings is 1. The Morgan fingerprint density at radius 3 is 3.00 bits per heavy atom. The predicted molar refractivity (Wildman–Crippen MR) is 100 cm³/mol. The van der Waals surface area contributed by atoms with Crippen molar-refractivity contribution < 1.29 is 9.53 Å². The van der Waals surface area contributed by atoms with E-state index in [9.17, 15) is 4.79 Å². The van der Waals surface area contributed by atoms with Crippen LogP contribution in [0.3, 0.4) is 0 Å². The number of hydrogen-bond acceptors (Lipinski definition) is 5. The number of carbonyl (C=O) groups excluding carboxylic acids is 1. The number of fused-ring (bicyclic) bond motifs is 1. The van der Waals surface area contributed by atoms with Gasteiger partial charge in [0.2, 0.25) is 0 Å². The topological polar surface area (TPSA) is 68.5 Å². The Balaban J connectivity index is 1.70. The summed E-state index contributed by atoms with van der Waals surface area (Å²) in [6.07, 6.45) is 3.62. The molecular formula is C19H16N4O2S. The van der Waals surface area contributed by atoms with Crippen LogP contribution in [-0.4, -0.2) is 27.4 Å². The van der Waals surface area contributed by atoms with Crippen LogP contribution in [0.4, 0.5) is 0 Å². The van der Waals surface area contributed by atoms with Gasteiger partial charge in [-0.3, -0.25) is 14.2 Å². The third-order valence-corrected chi connectivity index (χ3v) is 4.73. The first-order valence-corrected chi connectivity index (χ1v) is 8.92. The SMILES string of the molecule is COc1cccc(-c2c(C(=O)NCc3ccccn3)nc3sccn23)c1. The van der Waals surface area contributed by atoms with E-state index in [1.54, 1.807) is 13.3 Å². The fourth-order valence-corrected chi connectivity index (χ4v) is 3.46. The van der Waals surface area contributed by atoms with E-state index in [0.29, 0.717) is 12.2 Å². The Labute approximate surface area is 154 Å². The molecule has 1 N–H and O–H groups in total. The van der Waals surface area contributed by atoms with Gasteiger partial charge >= 0.3 is 0 Å². The van der Waals surface area contributed by atoms with Gasteiger partial charge in [0.15, 0.2) is 10.7 Å². The summed E-state index contributed by atoms with van der Waals surface area (Å²) in [6, 6.07) is 13.2. The third kappa shape index (κ3) is 3.04. The Morgan fingerprint density at radius 1 is 1.27 bits per heavy atom. The normalized spacial score (nSPS) is 10.8. The van der Waals surface area contributed by atoms with Crippen LogP contribution in [0.25, 0.3) is 16.2 Å². The lowest BCUT2D eigenvalue weighted by Gasteiger charge is -2.07. The minimum Gasteiger partial charge on any atom is -0.497 e. The van der Waals surface area contributed by atoms with Crippen molar-refractivity contribution in [2.45, 2.75) is 6.54 Å². The van der Waals surface area contributed by atoms with Crippen LogP contribution in [0.1, 0.15) is 16.2 Å². The van der Waals surface area contributed by atoms with Crippen LogP contribution in [0.2, 0.25) is 0 Å². The van der Waals surface area contributed by atoms with Gasteiger partial charge in [0.1, 0.15) is 5.75 Å². The second-order valence-corrected chi connectivity index (χ2v) is 6.47. The fraction of sp³-hybridized carbons (Fsp3) is 0.105. The maximum atomic E-state index is 12.8.